The van der Waals surface area contributed by atoms with Crippen LogP contribution in [-0.4, -0.2) is 27.8 Å². The molecule has 30 heavy (non-hydrogen) atoms. The molecule has 0 unspecified atom stereocenters. The van der Waals surface area contributed by atoms with Gasteiger partial charge < -0.3 is 10.1 Å². The molecule has 1 amide bonds. The minimum atomic E-state index is -0.450. The lowest BCUT2D eigenvalue weighted by Gasteiger charge is -2.06. The number of nitrogens with one attached hydrogen (secondary N) is 1. The summed E-state index contributed by atoms with van der Waals surface area (Å²) in [5.41, 5.74) is 3.09. The summed E-state index contributed by atoms with van der Waals surface area (Å²) in [6.45, 7) is 1.99. The highest BCUT2D eigenvalue weighted by Crippen LogP contribution is 2.23. The second-order valence-corrected chi connectivity index (χ2v) is 6.70. The molecule has 0 aliphatic heterocycles. The average molecular weight is 402 g/mol. The molecule has 1 N–H and O–H groups in total. The molecule has 0 spiro atoms. The van der Waals surface area contributed by atoms with Gasteiger partial charge in [0.25, 0.3) is 5.91 Å². The highest BCUT2D eigenvalue weighted by Gasteiger charge is 2.19. The Labute approximate surface area is 173 Å². The van der Waals surface area contributed by atoms with Gasteiger partial charge in [-0.1, -0.05) is 29.8 Å². The van der Waals surface area contributed by atoms with Gasteiger partial charge in [0.1, 0.15) is 11.6 Å². The molecule has 0 radical (unpaired) electrons. The van der Waals surface area contributed by atoms with Gasteiger partial charge in [0.15, 0.2) is 5.82 Å². The van der Waals surface area contributed by atoms with Crippen LogP contribution in [0.1, 0.15) is 16.2 Å². The van der Waals surface area contributed by atoms with Crippen LogP contribution < -0.4 is 10.1 Å². The first kappa shape index (κ1) is 19.3. The van der Waals surface area contributed by atoms with Crippen molar-refractivity contribution in [2.24, 2.45) is 0 Å². The van der Waals surface area contributed by atoms with Crippen LogP contribution in [0.4, 0.5) is 10.1 Å². The Morgan fingerprint density at radius 2 is 1.63 bits per heavy atom. The van der Waals surface area contributed by atoms with Crippen molar-refractivity contribution in [1.82, 2.24) is 14.8 Å². The molecule has 0 saturated carbocycles. The quantitative estimate of drug-likeness (QED) is 0.528. The number of hydrogen-bond donors (Lipinski definition) is 1. The number of ether oxygens (including phenoxy) is 1. The summed E-state index contributed by atoms with van der Waals surface area (Å²) >= 11 is 0. The van der Waals surface area contributed by atoms with E-state index >= 15 is 0 Å². The number of carbonyl (C=O) groups excluding carboxylic acids is 1. The normalized spacial score (nSPS) is 10.6. The van der Waals surface area contributed by atoms with E-state index in [2.05, 4.69) is 15.4 Å². The van der Waals surface area contributed by atoms with Crippen LogP contribution in [0.15, 0.2) is 72.8 Å². The zero-order chi connectivity index (χ0) is 21.1. The number of benzene rings is 3. The Kier molecular flexibility index (Phi) is 5.26. The maximum atomic E-state index is 13.4. The van der Waals surface area contributed by atoms with Crippen molar-refractivity contribution >= 4 is 11.6 Å². The molecule has 6 nitrogen and oxygen atoms in total. The SMILES string of the molecule is COc1ccc(NC(=O)c2nc(-c3ccc(C)cc3)n(-c3ccc(F)cc3)n2)cc1. The van der Waals surface area contributed by atoms with Crippen LogP contribution in [0.2, 0.25) is 0 Å². The van der Waals surface area contributed by atoms with E-state index in [0.717, 1.165) is 11.1 Å². The fourth-order valence-electron chi connectivity index (χ4n) is 2.92. The molecule has 4 aromatic rings. The number of aromatic nitrogens is 3. The van der Waals surface area contributed by atoms with Crippen LogP contribution in [0.3, 0.4) is 0 Å². The van der Waals surface area contributed by atoms with Crippen molar-refractivity contribution in [3.63, 3.8) is 0 Å². The Hall–Kier alpha value is -4.00. The summed E-state index contributed by atoms with van der Waals surface area (Å²) in [6.07, 6.45) is 0. The largest absolute Gasteiger partial charge is 0.497 e. The van der Waals surface area contributed by atoms with E-state index in [9.17, 15) is 9.18 Å². The maximum absolute atomic E-state index is 13.4. The minimum absolute atomic E-state index is 0.00529. The Morgan fingerprint density at radius 3 is 2.27 bits per heavy atom. The summed E-state index contributed by atoms with van der Waals surface area (Å²) in [7, 11) is 1.58. The van der Waals surface area contributed by atoms with Crippen molar-refractivity contribution in [2.45, 2.75) is 6.92 Å². The molecular formula is C23H19FN4O2. The van der Waals surface area contributed by atoms with E-state index in [0.29, 0.717) is 22.9 Å². The summed E-state index contributed by atoms with van der Waals surface area (Å²) in [6, 6.07) is 20.5. The number of anilines is 1. The predicted molar refractivity (Wildman–Crippen MR) is 112 cm³/mol. The summed E-state index contributed by atoms with van der Waals surface area (Å²) in [4.78, 5) is 17.2. The highest BCUT2D eigenvalue weighted by atomic mass is 19.1. The third-order valence-corrected chi connectivity index (χ3v) is 4.54. The monoisotopic (exact) mass is 402 g/mol. The van der Waals surface area contributed by atoms with Gasteiger partial charge in [-0.2, -0.15) is 0 Å². The molecule has 4 rings (SSSR count). The van der Waals surface area contributed by atoms with Gasteiger partial charge >= 0.3 is 0 Å². The maximum Gasteiger partial charge on any atom is 0.295 e. The van der Waals surface area contributed by atoms with Gasteiger partial charge in [0.2, 0.25) is 5.82 Å². The Morgan fingerprint density at radius 1 is 0.967 bits per heavy atom. The smallest absolute Gasteiger partial charge is 0.295 e. The fourth-order valence-corrected chi connectivity index (χ4v) is 2.92. The second kappa shape index (κ2) is 8.16. The molecule has 1 heterocycles. The first-order valence-electron chi connectivity index (χ1n) is 9.29. The lowest BCUT2D eigenvalue weighted by Crippen LogP contribution is -2.14. The number of halogens is 1. The zero-order valence-electron chi connectivity index (χ0n) is 16.5. The van der Waals surface area contributed by atoms with Crippen LogP contribution in [0.5, 0.6) is 5.75 Å². The van der Waals surface area contributed by atoms with E-state index in [1.165, 1.54) is 16.8 Å². The minimum Gasteiger partial charge on any atom is -0.497 e. The second-order valence-electron chi connectivity index (χ2n) is 6.70. The molecule has 150 valence electrons. The number of rotatable bonds is 5. The van der Waals surface area contributed by atoms with Crippen molar-refractivity contribution < 1.29 is 13.9 Å². The molecule has 0 bridgehead atoms. The van der Waals surface area contributed by atoms with Crippen molar-refractivity contribution in [3.8, 4) is 22.8 Å². The highest BCUT2D eigenvalue weighted by molar-refractivity contribution is 6.01. The average Bonchev–Trinajstić information content (AvgIpc) is 3.21. The van der Waals surface area contributed by atoms with Crippen LogP contribution in [-0.2, 0) is 0 Å². The summed E-state index contributed by atoms with van der Waals surface area (Å²) < 4.78 is 20.0. The third-order valence-electron chi connectivity index (χ3n) is 4.54. The standard InChI is InChI=1S/C23H19FN4O2/c1-15-3-5-16(6-4-15)22-26-21(27-28(22)19-11-7-17(24)8-12-19)23(29)25-18-9-13-20(30-2)14-10-18/h3-14H,1-2H3,(H,25,29). The number of nitrogens with zero attached hydrogens (tertiary/aromatic N) is 3. The van der Waals surface area contributed by atoms with E-state index in [1.807, 2.05) is 31.2 Å². The lowest BCUT2D eigenvalue weighted by molar-refractivity contribution is 0.101. The third kappa shape index (κ3) is 4.05. The molecule has 3 aromatic carbocycles. The molecule has 0 aliphatic carbocycles. The van der Waals surface area contributed by atoms with Gasteiger partial charge in [-0.15, -0.1) is 5.10 Å². The van der Waals surface area contributed by atoms with Gasteiger partial charge in [-0.25, -0.2) is 14.1 Å². The molecular weight excluding hydrogens is 383 g/mol. The molecule has 1 aromatic heterocycles. The number of amides is 1. The lowest BCUT2D eigenvalue weighted by atomic mass is 10.1. The van der Waals surface area contributed by atoms with Crippen LogP contribution in [0, 0.1) is 12.7 Å². The van der Waals surface area contributed by atoms with Crippen LogP contribution in [0.25, 0.3) is 17.1 Å². The van der Waals surface area contributed by atoms with E-state index in [4.69, 9.17) is 4.74 Å². The van der Waals surface area contributed by atoms with Crippen LogP contribution >= 0.6 is 0 Å². The van der Waals surface area contributed by atoms with Gasteiger partial charge in [0.05, 0.1) is 12.8 Å². The Bertz CT molecular complexity index is 1100. The number of carbonyl (C=O) groups is 1. The fraction of sp³-hybridized carbons (Fsp3) is 0.0870. The first-order chi connectivity index (χ1) is 14.5. The van der Waals surface area contributed by atoms with E-state index in [1.54, 1.807) is 43.5 Å². The van der Waals surface area contributed by atoms with Gasteiger partial charge in [-0.05, 0) is 55.5 Å². The number of aryl methyl sites for hydroxylation is 1. The first-order valence-corrected chi connectivity index (χ1v) is 9.29. The van der Waals surface area contributed by atoms with Gasteiger partial charge in [0, 0.05) is 11.3 Å². The molecule has 0 saturated heterocycles. The number of hydrogen-bond acceptors (Lipinski definition) is 4. The topological polar surface area (TPSA) is 69.0 Å². The summed E-state index contributed by atoms with van der Waals surface area (Å²) in [5.74, 6) is 0.378. The number of methoxy groups -OCH3 is 1. The Balaban J connectivity index is 1.71. The van der Waals surface area contributed by atoms with Crippen molar-refractivity contribution in [2.75, 3.05) is 12.4 Å². The van der Waals surface area contributed by atoms with Gasteiger partial charge in [-0.3, -0.25) is 4.79 Å². The van der Waals surface area contributed by atoms with Crippen molar-refractivity contribution in [1.29, 1.82) is 0 Å². The molecule has 0 fully saturated rings. The van der Waals surface area contributed by atoms with Crippen molar-refractivity contribution in [3.05, 3.63) is 90.0 Å². The van der Waals surface area contributed by atoms with E-state index in [-0.39, 0.29) is 11.6 Å². The predicted octanol–water partition coefficient (Wildman–Crippen LogP) is 4.64. The molecule has 0 aliphatic rings. The molecule has 7 heteroatoms. The molecule has 0 atom stereocenters. The summed E-state index contributed by atoms with van der Waals surface area (Å²) in [5, 5.41) is 7.16. The van der Waals surface area contributed by atoms with E-state index < -0.39 is 5.91 Å². The zero-order valence-corrected chi connectivity index (χ0v) is 16.5.